The van der Waals surface area contributed by atoms with Gasteiger partial charge in [-0.3, -0.25) is 24.5 Å². The summed E-state index contributed by atoms with van der Waals surface area (Å²) < 4.78 is 1.07. The van der Waals surface area contributed by atoms with Gasteiger partial charge in [-0.2, -0.15) is 5.26 Å². The molecule has 0 amide bonds. The van der Waals surface area contributed by atoms with Crippen LogP contribution in [0.25, 0.3) is 0 Å². The fourth-order valence-electron chi connectivity index (χ4n) is 2.43. The number of aliphatic imine (C=N–C) groups is 1. The summed E-state index contributed by atoms with van der Waals surface area (Å²) in [6.07, 6.45) is 1.30. The van der Waals surface area contributed by atoms with Gasteiger partial charge in [0.25, 0.3) is 11.2 Å². The van der Waals surface area contributed by atoms with E-state index in [-0.39, 0.29) is 29.2 Å². The zero-order valence-corrected chi connectivity index (χ0v) is 14.0. The van der Waals surface area contributed by atoms with Crippen LogP contribution in [0, 0.1) is 35.3 Å². The SMILES string of the molecule is CCn1c(O)c(C=Nc2ccc(C)c([N+](=O)[O-])c2)c(C)c(C#N)c1=O. The molecule has 0 radical (unpaired) electrons. The molecule has 1 N–H and O–H groups in total. The predicted molar refractivity (Wildman–Crippen MR) is 92.6 cm³/mol. The smallest absolute Gasteiger partial charge is 0.274 e. The van der Waals surface area contributed by atoms with Gasteiger partial charge in [0.1, 0.15) is 11.6 Å². The van der Waals surface area contributed by atoms with E-state index in [9.17, 15) is 25.3 Å². The number of nitro groups is 1. The minimum atomic E-state index is -0.567. The summed E-state index contributed by atoms with van der Waals surface area (Å²) in [5, 5.41) is 30.5. The number of nitriles is 1. The van der Waals surface area contributed by atoms with Gasteiger partial charge in [-0.25, -0.2) is 0 Å². The topological polar surface area (TPSA) is 122 Å². The Hall–Kier alpha value is -3.47. The van der Waals surface area contributed by atoms with Gasteiger partial charge in [0, 0.05) is 24.4 Å². The molecule has 0 atom stereocenters. The zero-order chi connectivity index (χ0) is 18.7. The van der Waals surface area contributed by atoms with Crippen LogP contribution in [-0.4, -0.2) is 20.8 Å². The first-order valence-corrected chi connectivity index (χ1v) is 7.47. The van der Waals surface area contributed by atoms with Crippen LogP contribution < -0.4 is 5.56 Å². The highest BCUT2D eigenvalue weighted by atomic mass is 16.6. The molecule has 1 heterocycles. The van der Waals surface area contributed by atoms with E-state index in [1.165, 1.54) is 12.3 Å². The Bertz CT molecular complexity index is 984. The van der Waals surface area contributed by atoms with Crippen LogP contribution in [0.4, 0.5) is 11.4 Å². The van der Waals surface area contributed by atoms with Crippen LogP contribution in [-0.2, 0) is 6.54 Å². The molecule has 0 aliphatic heterocycles. The molecule has 0 unspecified atom stereocenters. The van der Waals surface area contributed by atoms with Gasteiger partial charge < -0.3 is 5.11 Å². The maximum Gasteiger partial charge on any atom is 0.274 e. The molecular weight excluding hydrogens is 324 g/mol. The second-order valence-corrected chi connectivity index (χ2v) is 5.38. The first-order valence-electron chi connectivity index (χ1n) is 7.47. The Labute approximate surface area is 143 Å². The Morgan fingerprint density at radius 3 is 2.68 bits per heavy atom. The van der Waals surface area contributed by atoms with Crippen molar-refractivity contribution < 1.29 is 10.0 Å². The molecule has 0 aliphatic rings. The lowest BCUT2D eigenvalue weighted by atomic mass is 10.1. The lowest BCUT2D eigenvalue weighted by Crippen LogP contribution is -2.24. The van der Waals surface area contributed by atoms with Crippen molar-refractivity contribution in [3.63, 3.8) is 0 Å². The Morgan fingerprint density at radius 2 is 2.12 bits per heavy atom. The molecule has 0 saturated heterocycles. The molecule has 8 nitrogen and oxygen atoms in total. The van der Waals surface area contributed by atoms with Crippen LogP contribution in [0.2, 0.25) is 0 Å². The molecule has 0 aliphatic carbocycles. The van der Waals surface area contributed by atoms with Crippen molar-refractivity contribution in [1.29, 1.82) is 5.26 Å². The van der Waals surface area contributed by atoms with Crippen LogP contribution in [0.3, 0.4) is 0 Å². The monoisotopic (exact) mass is 340 g/mol. The van der Waals surface area contributed by atoms with Crippen molar-refractivity contribution in [2.75, 3.05) is 0 Å². The first kappa shape index (κ1) is 17.9. The fourth-order valence-corrected chi connectivity index (χ4v) is 2.43. The number of nitro benzene ring substituents is 1. The number of benzene rings is 1. The van der Waals surface area contributed by atoms with Gasteiger partial charge in [-0.05, 0) is 32.4 Å². The molecule has 2 aromatic rings. The van der Waals surface area contributed by atoms with Crippen LogP contribution in [0.1, 0.15) is 29.2 Å². The van der Waals surface area contributed by atoms with E-state index < -0.39 is 10.5 Å². The molecule has 0 saturated carbocycles. The van der Waals surface area contributed by atoms with E-state index in [0.29, 0.717) is 16.8 Å². The third-order valence-corrected chi connectivity index (χ3v) is 3.89. The average Bonchev–Trinajstić information content (AvgIpc) is 2.56. The molecule has 25 heavy (non-hydrogen) atoms. The second kappa shape index (κ2) is 6.97. The number of hydrogen-bond acceptors (Lipinski definition) is 6. The van der Waals surface area contributed by atoms with Crippen molar-refractivity contribution >= 4 is 17.6 Å². The van der Waals surface area contributed by atoms with Gasteiger partial charge in [0.2, 0.25) is 5.88 Å². The van der Waals surface area contributed by atoms with Gasteiger partial charge in [-0.1, -0.05) is 6.07 Å². The highest BCUT2D eigenvalue weighted by molar-refractivity contribution is 5.87. The van der Waals surface area contributed by atoms with Crippen molar-refractivity contribution in [1.82, 2.24) is 4.57 Å². The second-order valence-electron chi connectivity index (χ2n) is 5.38. The van der Waals surface area contributed by atoms with E-state index in [4.69, 9.17) is 0 Å². The minimum absolute atomic E-state index is 0.0631. The molecule has 2 rings (SSSR count). The number of aryl methyl sites for hydroxylation is 1. The van der Waals surface area contributed by atoms with Crippen LogP contribution in [0.15, 0.2) is 28.0 Å². The van der Waals surface area contributed by atoms with Crippen LogP contribution >= 0.6 is 0 Å². The van der Waals surface area contributed by atoms with E-state index in [1.54, 1.807) is 32.9 Å². The van der Waals surface area contributed by atoms with Crippen molar-refractivity contribution in [3.05, 3.63) is 60.9 Å². The normalized spacial score (nSPS) is 10.8. The van der Waals surface area contributed by atoms with E-state index in [2.05, 4.69) is 4.99 Å². The van der Waals surface area contributed by atoms with E-state index >= 15 is 0 Å². The van der Waals surface area contributed by atoms with Gasteiger partial charge in [-0.15, -0.1) is 0 Å². The number of hydrogen-bond donors (Lipinski definition) is 1. The van der Waals surface area contributed by atoms with Crippen molar-refractivity contribution in [2.24, 2.45) is 4.99 Å². The third kappa shape index (κ3) is 3.26. The quantitative estimate of drug-likeness (QED) is 0.521. The molecule has 0 spiro atoms. The minimum Gasteiger partial charge on any atom is -0.494 e. The van der Waals surface area contributed by atoms with E-state index in [0.717, 1.165) is 4.57 Å². The Balaban J connectivity index is 2.60. The van der Waals surface area contributed by atoms with Gasteiger partial charge >= 0.3 is 0 Å². The zero-order valence-electron chi connectivity index (χ0n) is 14.0. The molecule has 1 aromatic carbocycles. The predicted octanol–water partition coefficient (Wildman–Crippen LogP) is 2.72. The van der Waals surface area contributed by atoms with Crippen molar-refractivity contribution in [2.45, 2.75) is 27.3 Å². The van der Waals surface area contributed by atoms with Gasteiger partial charge in [0.05, 0.1) is 16.2 Å². The maximum absolute atomic E-state index is 12.1. The summed E-state index contributed by atoms with van der Waals surface area (Å²) >= 11 is 0. The largest absolute Gasteiger partial charge is 0.494 e. The standard InChI is InChI=1S/C17H16N4O4/c1-4-20-16(22)13(8-18)11(3)14(17(20)23)9-19-12-6-5-10(2)15(7-12)21(24)25/h5-7,9,23H,4H2,1-3H3. The summed E-state index contributed by atoms with van der Waals surface area (Å²) in [6, 6.07) is 6.34. The number of pyridine rings is 1. The lowest BCUT2D eigenvalue weighted by molar-refractivity contribution is -0.385. The lowest BCUT2D eigenvalue weighted by Gasteiger charge is -2.12. The average molecular weight is 340 g/mol. The summed E-state index contributed by atoms with van der Waals surface area (Å²) in [5.74, 6) is -0.297. The molecule has 128 valence electrons. The summed E-state index contributed by atoms with van der Waals surface area (Å²) in [5.41, 5.74) is 0.658. The number of nitrogens with zero attached hydrogens (tertiary/aromatic N) is 4. The highest BCUT2D eigenvalue weighted by Gasteiger charge is 2.17. The van der Waals surface area contributed by atoms with Crippen LogP contribution in [0.5, 0.6) is 5.88 Å². The molecule has 0 bridgehead atoms. The summed E-state index contributed by atoms with van der Waals surface area (Å²) in [4.78, 5) is 26.8. The molecule has 8 heteroatoms. The Morgan fingerprint density at radius 1 is 1.44 bits per heavy atom. The third-order valence-electron chi connectivity index (χ3n) is 3.89. The number of aromatic nitrogens is 1. The number of rotatable bonds is 4. The summed E-state index contributed by atoms with van der Waals surface area (Å²) in [6.45, 7) is 5.02. The number of aromatic hydroxyl groups is 1. The first-order chi connectivity index (χ1) is 11.8. The van der Waals surface area contributed by atoms with Gasteiger partial charge in [0.15, 0.2) is 0 Å². The highest BCUT2D eigenvalue weighted by Crippen LogP contribution is 2.25. The molecule has 0 fully saturated rings. The Kier molecular flexibility index (Phi) is 4.98. The van der Waals surface area contributed by atoms with Crippen molar-refractivity contribution in [3.8, 4) is 11.9 Å². The molecule has 1 aromatic heterocycles. The summed E-state index contributed by atoms with van der Waals surface area (Å²) in [7, 11) is 0. The fraction of sp³-hybridized carbons (Fsp3) is 0.235. The maximum atomic E-state index is 12.1. The molecular formula is C17H16N4O4. The van der Waals surface area contributed by atoms with E-state index in [1.807, 2.05) is 6.07 Å².